The number of amides is 1. The molecule has 3 aromatic rings. The Balaban J connectivity index is 1.50. The fourth-order valence-electron chi connectivity index (χ4n) is 2.93. The van der Waals surface area contributed by atoms with Gasteiger partial charge in [-0.1, -0.05) is 41.3 Å². The first-order chi connectivity index (χ1) is 12.5. The lowest BCUT2D eigenvalue weighted by atomic mass is 10.1. The highest BCUT2D eigenvalue weighted by atomic mass is 32.2. The second-order valence-electron chi connectivity index (χ2n) is 6.34. The van der Waals surface area contributed by atoms with Crippen molar-refractivity contribution in [1.29, 1.82) is 0 Å². The van der Waals surface area contributed by atoms with E-state index in [2.05, 4.69) is 15.2 Å². The quantitative estimate of drug-likeness (QED) is 0.395. The van der Waals surface area contributed by atoms with Crippen molar-refractivity contribution in [1.82, 2.24) is 15.2 Å². The van der Waals surface area contributed by atoms with E-state index in [9.17, 15) is 9.59 Å². The third-order valence-corrected chi connectivity index (χ3v) is 6.46. The summed E-state index contributed by atoms with van der Waals surface area (Å²) in [7, 11) is 0. The summed E-state index contributed by atoms with van der Waals surface area (Å²) in [5.74, 6) is 0.0398. The lowest BCUT2D eigenvalue weighted by Crippen LogP contribution is -2.30. The van der Waals surface area contributed by atoms with Crippen LogP contribution in [0.2, 0.25) is 0 Å². The summed E-state index contributed by atoms with van der Waals surface area (Å²) in [6.07, 6.45) is 3.79. The fraction of sp³-hybridized carbons (Fsp3) is 0.333. The first-order valence-corrected chi connectivity index (χ1v) is 10.1. The largest absolute Gasteiger partial charge is 0.360 e. The highest BCUT2D eigenvalue weighted by Gasteiger charge is 2.34. The van der Waals surface area contributed by atoms with Crippen molar-refractivity contribution in [3.8, 4) is 0 Å². The zero-order valence-electron chi connectivity index (χ0n) is 14.4. The number of para-hydroxylation sites is 1. The van der Waals surface area contributed by atoms with Crippen molar-refractivity contribution in [2.75, 3.05) is 4.90 Å². The van der Waals surface area contributed by atoms with Gasteiger partial charge in [-0.05, 0) is 25.8 Å². The third kappa shape index (κ3) is 3.26. The standard InChI is InChI=1S/C18H18N4O2S2/c1-10(16(24)14-9-19-15-6-4-3-5-13(14)15)25-18-21-20-17(26-18)22(11(2)23)12-7-8-12/h3-6,9-10,12,19H,7-8H2,1-2H3. The highest BCUT2D eigenvalue weighted by Crippen LogP contribution is 2.37. The molecule has 134 valence electrons. The van der Waals surface area contributed by atoms with Crippen molar-refractivity contribution < 1.29 is 9.59 Å². The molecule has 6 nitrogen and oxygen atoms in total. The predicted molar refractivity (Wildman–Crippen MR) is 104 cm³/mol. The van der Waals surface area contributed by atoms with Crippen molar-refractivity contribution in [2.24, 2.45) is 0 Å². The highest BCUT2D eigenvalue weighted by molar-refractivity contribution is 8.02. The van der Waals surface area contributed by atoms with Gasteiger partial charge >= 0.3 is 0 Å². The Bertz CT molecular complexity index is 976. The van der Waals surface area contributed by atoms with E-state index in [4.69, 9.17) is 0 Å². The van der Waals surface area contributed by atoms with Crippen LogP contribution < -0.4 is 4.90 Å². The van der Waals surface area contributed by atoms with E-state index in [1.807, 2.05) is 31.2 Å². The van der Waals surface area contributed by atoms with Crippen LogP contribution in [0, 0.1) is 0 Å². The maximum absolute atomic E-state index is 12.8. The molecule has 1 unspecified atom stereocenters. The number of benzene rings is 1. The number of fused-ring (bicyclic) bond motifs is 1. The number of aromatic nitrogens is 3. The summed E-state index contributed by atoms with van der Waals surface area (Å²) in [5.41, 5.74) is 1.64. The lowest BCUT2D eigenvalue weighted by Gasteiger charge is -2.15. The van der Waals surface area contributed by atoms with Crippen LogP contribution in [-0.4, -0.2) is 38.2 Å². The maximum Gasteiger partial charge on any atom is 0.225 e. The first kappa shape index (κ1) is 17.2. The molecule has 26 heavy (non-hydrogen) atoms. The Morgan fingerprint density at radius 1 is 1.31 bits per heavy atom. The predicted octanol–water partition coefficient (Wildman–Crippen LogP) is 3.90. The Morgan fingerprint density at radius 3 is 2.81 bits per heavy atom. The number of thioether (sulfide) groups is 1. The minimum Gasteiger partial charge on any atom is -0.360 e. The number of rotatable bonds is 6. The van der Waals surface area contributed by atoms with Gasteiger partial charge in [0.1, 0.15) is 0 Å². The smallest absolute Gasteiger partial charge is 0.225 e. The van der Waals surface area contributed by atoms with Gasteiger partial charge in [0.2, 0.25) is 11.0 Å². The number of H-pyrrole nitrogens is 1. The molecule has 2 heterocycles. The van der Waals surface area contributed by atoms with Gasteiger partial charge in [0, 0.05) is 35.6 Å². The van der Waals surface area contributed by atoms with E-state index >= 15 is 0 Å². The number of nitrogens with zero attached hydrogens (tertiary/aromatic N) is 3. The van der Waals surface area contributed by atoms with Crippen molar-refractivity contribution in [3.63, 3.8) is 0 Å². The normalized spacial score (nSPS) is 15.2. The van der Waals surface area contributed by atoms with Gasteiger partial charge in [0.05, 0.1) is 5.25 Å². The SMILES string of the molecule is CC(=O)N(c1nnc(SC(C)C(=O)c2c[nH]c3ccccc23)s1)C1CC1. The van der Waals surface area contributed by atoms with Crippen molar-refractivity contribution in [2.45, 2.75) is 42.3 Å². The molecule has 0 aliphatic heterocycles. The number of carbonyl (C=O) groups is 2. The molecule has 2 aromatic heterocycles. The lowest BCUT2D eigenvalue weighted by molar-refractivity contribution is -0.116. The topological polar surface area (TPSA) is 79.0 Å². The van der Waals surface area contributed by atoms with Gasteiger partial charge in [-0.15, -0.1) is 10.2 Å². The summed E-state index contributed by atoms with van der Waals surface area (Å²) in [5, 5.41) is 9.59. The Kier molecular flexibility index (Phi) is 4.54. The molecule has 1 atom stereocenters. The fourth-order valence-corrected chi connectivity index (χ4v) is 5.10. The number of nitrogens with one attached hydrogen (secondary N) is 1. The molecule has 1 aliphatic carbocycles. The molecule has 0 bridgehead atoms. The van der Waals surface area contributed by atoms with Crippen LogP contribution in [0.15, 0.2) is 34.8 Å². The van der Waals surface area contributed by atoms with Crippen LogP contribution in [-0.2, 0) is 4.79 Å². The molecule has 0 radical (unpaired) electrons. The summed E-state index contributed by atoms with van der Waals surface area (Å²) < 4.78 is 0.701. The first-order valence-electron chi connectivity index (χ1n) is 8.45. The summed E-state index contributed by atoms with van der Waals surface area (Å²) >= 11 is 2.75. The summed E-state index contributed by atoms with van der Waals surface area (Å²) in [4.78, 5) is 29.5. The number of Topliss-reactive ketones (excluding diaryl/α,β-unsaturated/α-hetero) is 1. The second kappa shape index (κ2) is 6.85. The Morgan fingerprint density at radius 2 is 2.08 bits per heavy atom. The zero-order chi connectivity index (χ0) is 18.3. The van der Waals surface area contributed by atoms with E-state index in [1.165, 1.54) is 23.1 Å². The van der Waals surface area contributed by atoms with E-state index in [-0.39, 0.29) is 23.0 Å². The summed E-state index contributed by atoms with van der Waals surface area (Å²) in [6, 6.07) is 8.02. The molecular weight excluding hydrogens is 368 g/mol. The maximum atomic E-state index is 12.8. The van der Waals surface area contributed by atoms with Crippen LogP contribution in [0.3, 0.4) is 0 Å². The number of hydrogen-bond donors (Lipinski definition) is 1. The van der Waals surface area contributed by atoms with Gasteiger partial charge in [0.25, 0.3) is 0 Å². The van der Waals surface area contributed by atoms with Crippen LogP contribution in [0.5, 0.6) is 0 Å². The summed E-state index contributed by atoms with van der Waals surface area (Å²) in [6.45, 7) is 3.43. The molecule has 1 saturated carbocycles. The molecule has 1 amide bonds. The number of aromatic amines is 1. The van der Waals surface area contributed by atoms with Gasteiger partial charge in [-0.25, -0.2) is 0 Å². The Labute approximate surface area is 159 Å². The van der Waals surface area contributed by atoms with Crippen LogP contribution >= 0.6 is 23.1 Å². The molecule has 8 heteroatoms. The molecule has 1 fully saturated rings. The molecular formula is C18H18N4O2S2. The minimum atomic E-state index is -0.290. The average Bonchev–Trinajstić information content (AvgIpc) is 3.18. The molecule has 1 aromatic carbocycles. The Hall–Kier alpha value is -2.19. The minimum absolute atomic E-state index is 0.0110. The number of hydrogen-bond acceptors (Lipinski definition) is 6. The number of carbonyl (C=O) groups excluding carboxylic acids is 2. The van der Waals surface area contributed by atoms with Crippen molar-refractivity contribution in [3.05, 3.63) is 36.0 Å². The van der Waals surface area contributed by atoms with Gasteiger partial charge in [-0.3, -0.25) is 14.5 Å². The van der Waals surface area contributed by atoms with Crippen LogP contribution in [0.4, 0.5) is 5.13 Å². The molecule has 4 rings (SSSR count). The van der Waals surface area contributed by atoms with Crippen LogP contribution in [0.25, 0.3) is 10.9 Å². The molecule has 1 aliphatic rings. The molecule has 0 saturated heterocycles. The van der Waals surface area contributed by atoms with Gasteiger partial charge < -0.3 is 4.98 Å². The van der Waals surface area contributed by atoms with E-state index in [0.717, 1.165) is 23.7 Å². The van der Waals surface area contributed by atoms with Gasteiger partial charge in [-0.2, -0.15) is 0 Å². The zero-order valence-corrected chi connectivity index (χ0v) is 16.1. The van der Waals surface area contributed by atoms with Crippen molar-refractivity contribution >= 4 is 50.8 Å². The average molecular weight is 387 g/mol. The van der Waals surface area contributed by atoms with E-state index in [0.29, 0.717) is 15.0 Å². The number of anilines is 1. The van der Waals surface area contributed by atoms with Gasteiger partial charge in [0.15, 0.2) is 10.1 Å². The second-order valence-corrected chi connectivity index (χ2v) is 8.89. The van der Waals surface area contributed by atoms with Crippen LogP contribution in [0.1, 0.15) is 37.0 Å². The number of ketones is 1. The molecule has 0 spiro atoms. The van der Waals surface area contributed by atoms with E-state index in [1.54, 1.807) is 18.0 Å². The monoisotopic (exact) mass is 386 g/mol. The van der Waals surface area contributed by atoms with E-state index < -0.39 is 0 Å². The third-order valence-electron chi connectivity index (χ3n) is 4.35. The molecule has 1 N–H and O–H groups in total.